The summed E-state index contributed by atoms with van der Waals surface area (Å²) in [4.78, 5) is 35.4. The Balaban J connectivity index is 1.61. The van der Waals surface area contributed by atoms with Crippen LogP contribution in [0.4, 0.5) is 4.79 Å². The molecule has 9 heteroatoms. The number of benzene rings is 2. The fraction of sp³-hybridized carbons (Fsp3) is 0.296. The lowest BCUT2D eigenvalue weighted by atomic mass is 9.72. The average Bonchev–Trinajstić information content (AvgIpc) is 3.27. The van der Waals surface area contributed by atoms with Crippen molar-refractivity contribution in [1.82, 2.24) is 15.1 Å². The monoisotopic (exact) mass is 522 g/mol. The van der Waals surface area contributed by atoms with Crippen molar-refractivity contribution >= 4 is 41.0 Å². The van der Waals surface area contributed by atoms with Crippen molar-refractivity contribution in [3.05, 3.63) is 92.9 Å². The molecule has 7 nitrogen and oxygen atoms in total. The minimum Gasteiger partial charge on any atom is -0.500 e. The van der Waals surface area contributed by atoms with Crippen molar-refractivity contribution in [2.24, 2.45) is 16.3 Å². The molecule has 1 fully saturated rings. The molecular weight excluding hydrogens is 499 g/mol. The summed E-state index contributed by atoms with van der Waals surface area (Å²) in [6.07, 6.45) is 1.99. The van der Waals surface area contributed by atoms with Crippen LogP contribution in [-0.4, -0.2) is 41.2 Å². The van der Waals surface area contributed by atoms with Crippen molar-refractivity contribution in [1.29, 1.82) is 0 Å². The zero-order valence-corrected chi connectivity index (χ0v) is 21.5. The first-order valence-electron chi connectivity index (χ1n) is 11.7. The topological polar surface area (TPSA) is 74.2 Å². The first-order chi connectivity index (χ1) is 17.2. The second kappa shape index (κ2) is 8.11. The number of methoxy groups -OCH3 is 1. The minimum atomic E-state index is -0.879. The Bertz CT molecular complexity index is 1400. The van der Waals surface area contributed by atoms with Gasteiger partial charge in [0.25, 0.3) is 0 Å². The Morgan fingerprint density at radius 2 is 1.83 bits per heavy atom. The normalized spacial score (nSPS) is 28.9. The number of carbonyl (C=O) groups excluding carboxylic acids is 2. The second-order valence-electron chi connectivity index (χ2n) is 9.65. The number of hydrogen-bond donors (Lipinski definition) is 1. The summed E-state index contributed by atoms with van der Waals surface area (Å²) in [7, 11) is 1.63. The third-order valence-electron chi connectivity index (χ3n) is 7.50. The van der Waals surface area contributed by atoms with Crippen LogP contribution in [0.5, 0.6) is 0 Å². The largest absolute Gasteiger partial charge is 0.500 e. The number of nitrogens with zero attached hydrogens (tertiary/aromatic N) is 3. The lowest BCUT2D eigenvalue weighted by molar-refractivity contribution is -0.122. The van der Waals surface area contributed by atoms with Gasteiger partial charge in [-0.25, -0.2) is 4.79 Å². The summed E-state index contributed by atoms with van der Waals surface area (Å²) in [5.41, 5.74) is 2.31. The molecule has 4 atom stereocenters. The van der Waals surface area contributed by atoms with Crippen LogP contribution >= 0.6 is 23.2 Å². The highest BCUT2D eigenvalue weighted by molar-refractivity contribution is 6.30. The second-order valence-corrected chi connectivity index (χ2v) is 10.5. The average molecular weight is 523 g/mol. The number of nitrogens with one attached hydrogen (secondary N) is 1. The minimum absolute atomic E-state index is 0.0748. The van der Waals surface area contributed by atoms with E-state index in [2.05, 4.69) is 5.32 Å². The third kappa shape index (κ3) is 3.15. The summed E-state index contributed by atoms with van der Waals surface area (Å²) < 4.78 is 5.92. The summed E-state index contributed by atoms with van der Waals surface area (Å²) >= 11 is 12.6. The number of carbonyl (C=O) groups is 2. The Labute approximate surface area is 219 Å². The molecule has 0 bridgehead atoms. The van der Waals surface area contributed by atoms with Gasteiger partial charge in [-0.2, -0.15) is 0 Å². The van der Waals surface area contributed by atoms with E-state index in [1.807, 2.05) is 62.4 Å². The van der Waals surface area contributed by atoms with Crippen molar-refractivity contribution in [2.45, 2.75) is 25.9 Å². The molecule has 36 heavy (non-hydrogen) atoms. The molecule has 0 radical (unpaired) electrons. The van der Waals surface area contributed by atoms with E-state index in [1.54, 1.807) is 23.0 Å². The van der Waals surface area contributed by atoms with Crippen LogP contribution in [0, 0.1) is 11.3 Å². The SMILES string of the molecule is COC1=CC(C)C2=C3N(CC(=O)N2)C(=O)N2C(=NC(c4ccc(Cl)cc4)C2c2cccc(Cl)c2)C13C. The highest BCUT2D eigenvalue weighted by atomic mass is 35.5. The number of urea groups is 1. The van der Waals surface area contributed by atoms with Crippen LogP contribution in [0.3, 0.4) is 0 Å². The summed E-state index contributed by atoms with van der Waals surface area (Å²) in [6, 6.07) is 13.8. The van der Waals surface area contributed by atoms with E-state index >= 15 is 0 Å². The quantitative estimate of drug-likeness (QED) is 0.582. The molecule has 0 aromatic heterocycles. The molecule has 1 saturated heterocycles. The number of amidine groups is 1. The van der Waals surface area contributed by atoms with E-state index in [4.69, 9.17) is 32.9 Å². The van der Waals surface area contributed by atoms with Gasteiger partial charge in [0.05, 0.1) is 18.8 Å². The van der Waals surface area contributed by atoms with Gasteiger partial charge in [-0.3, -0.25) is 19.6 Å². The van der Waals surface area contributed by atoms with Crippen molar-refractivity contribution in [2.75, 3.05) is 13.7 Å². The van der Waals surface area contributed by atoms with E-state index in [1.165, 1.54) is 0 Å². The first-order valence-corrected chi connectivity index (χ1v) is 12.5. The van der Waals surface area contributed by atoms with Gasteiger partial charge < -0.3 is 10.1 Å². The summed E-state index contributed by atoms with van der Waals surface area (Å²) in [5, 5.41) is 4.19. The maximum absolute atomic E-state index is 14.2. The van der Waals surface area contributed by atoms with E-state index in [0.717, 1.165) is 16.8 Å². The molecular formula is C27H24Cl2N4O3. The van der Waals surface area contributed by atoms with Crippen molar-refractivity contribution in [3.8, 4) is 0 Å². The molecule has 0 spiro atoms. The van der Waals surface area contributed by atoms with E-state index in [0.29, 0.717) is 27.3 Å². The van der Waals surface area contributed by atoms with Gasteiger partial charge in [-0.15, -0.1) is 0 Å². The standard InChI is InChI=1S/C27H24Cl2N4O3/c1-14-11-19(36-3)27(2)24-21(14)30-20(34)13-32(24)26(35)33-23(16-5-4-6-18(29)12-16)22(31-25(27)33)15-7-9-17(28)10-8-15/h4-12,14,22-23H,13H2,1-3H3,(H,30,34). The number of halogens is 2. The summed E-state index contributed by atoms with van der Waals surface area (Å²) in [6.45, 7) is 3.91. The van der Waals surface area contributed by atoms with Crippen LogP contribution in [0.25, 0.3) is 0 Å². The number of allylic oxidation sites excluding steroid dienone is 1. The lowest BCUT2D eigenvalue weighted by Crippen LogP contribution is -2.64. The number of rotatable bonds is 3. The maximum atomic E-state index is 14.2. The number of hydrogen-bond acceptors (Lipinski definition) is 4. The lowest BCUT2D eigenvalue weighted by Gasteiger charge is -2.52. The molecule has 3 amide bonds. The first kappa shape index (κ1) is 23.1. The van der Waals surface area contributed by atoms with Crippen LogP contribution in [0.1, 0.15) is 37.1 Å². The molecule has 1 aliphatic carbocycles. The molecule has 1 N–H and O–H groups in total. The zero-order valence-electron chi connectivity index (χ0n) is 20.0. The Morgan fingerprint density at radius 1 is 1.08 bits per heavy atom. The van der Waals surface area contributed by atoms with Gasteiger partial charge in [0.15, 0.2) is 0 Å². The van der Waals surface area contributed by atoms with Crippen LogP contribution in [0.2, 0.25) is 10.0 Å². The molecule has 2 aromatic carbocycles. The van der Waals surface area contributed by atoms with Crippen molar-refractivity contribution in [3.63, 3.8) is 0 Å². The fourth-order valence-electron chi connectivity index (χ4n) is 5.92. The molecule has 6 rings (SSSR count). The van der Waals surface area contributed by atoms with Gasteiger partial charge in [-0.05, 0) is 48.4 Å². The highest BCUT2D eigenvalue weighted by Crippen LogP contribution is 2.56. The van der Waals surface area contributed by atoms with Gasteiger partial charge >= 0.3 is 6.03 Å². The van der Waals surface area contributed by atoms with Crippen LogP contribution in [-0.2, 0) is 9.53 Å². The predicted molar refractivity (Wildman–Crippen MR) is 137 cm³/mol. The Kier molecular flexibility index (Phi) is 5.21. The Morgan fingerprint density at radius 3 is 2.53 bits per heavy atom. The van der Waals surface area contributed by atoms with Gasteiger partial charge in [0, 0.05) is 21.7 Å². The third-order valence-corrected chi connectivity index (χ3v) is 7.98. The Hall–Kier alpha value is -3.29. The zero-order chi connectivity index (χ0) is 25.4. The molecule has 2 aromatic rings. The number of ether oxygens (including phenoxy) is 1. The number of aliphatic imine (C=N–C) groups is 1. The molecule has 3 heterocycles. The van der Waals surface area contributed by atoms with Crippen LogP contribution in [0.15, 0.2) is 76.8 Å². The van der Waals surface area contributed by atoms with Crippen LogP contribution < -0.4 is 5.32 Å². The van der Waals surface area contributed by atoms with Gasteiger partial charge in [-0.1, -0.05) is 54.4 Å². The molecule has 0 saturated carbocycles. The smallest absolute Gasteiger partial charge is 0.330 e. The molecule has 184 valence electrons. The van der Waals surface area contributed by atoms with E-state index in [9.17, 15) is 9.59 Å². The fourth-order valence-corrected chi connectivity index (χ4v) is 6.24. The molecule has 4 aliphatic rings. The molecule has 3 aliphatic heterocycles. The van der Waals surface area contributed by atoms with E-state index in [-0.39, 0.29) is 24.4 Å². The van der Waals surface area contributed by atoms with Crippen molar-refractivity contribution < 1.29 is 14.3 Å². The number of amides is 3. The predicted octanol–water partition coefficient (Wildman–Crippen LogP) is 5.45. The van der Waals surface area contributed by atoms with Gasteiger partial charge in [0.1, 0.15) is 29.6 Å². The number of fused-ring (bicyclic) bond motifs is 2. The highest BCUT2D eigenvalue weighted by Gasteiger charge is 2.61. The van der Waals surface area contributed by atoms with Gasteiger partial charge in [0.2, 0.25) is 5.91 Å². The summed E-state index contributed by atoms with van der Waals surface area (Å²) in [5.74, 6) is 0.913. The molecule has 4 unspecified atom stereocenters. The maximum Gasteiger partial charge on any atom is 0.330 e. The van der Waals surface area contributed by atoms with E-state index < -0.39 is 17.5 Å².